The Hall–Kier alpha value is -0.570. The standard InChI is InChI=1S/C16H22ClNS/c1-4-8-18-10-15-13(9-11(2)3)12-6-5-7-14(17)16(12)19-15/h5-7,11,18H,4,8-10H2,1-3H3. The Morgan fingerprint density at radius 2 is 2.11 bits per heavy atom. The molecule has 1 heterocycles. The monoisotopic (exact) mass is 295 g/mol. The van der Waals surface area contributed by atoms with E-state index in [1.165, 1.54) is 26.9 Å². The maximum atomic E-state index is 6.33. The van der Waals surface area contributed by atoms with Gasteiger partial charge in [0, 0.05) is 11.4 Å². The molecule has 0 fully saturated rings. The van der Waals surface area contributed by atoms with Gasteiger partial charge in [-0.2, -0.15) is 0 Å². The van der Waals surface area contributed by atoms with Crippen molar-refractivity contribution in [3.63, 3.8) is 0 Å². The van der Waals surface area contributed by atoms with Crippen LogP contribution in [-0.4, -0.2) is 6.54 Å². The van der Waals surface area contributed by atoms with Crippen molar-refractivity contribution in [2.45, 2.75) is 40.2 Å². The van der Waals surface area contributed by atoms with Crippen LogP contribution in [0.25, 0.3) is 10.1 Å². The summed E-state index contributed by atoms with van der Waals surface area (Å²) in [5.41, 5.74) is 1.49. The number of nitrogens with one attached hydrogen (secondary N) is 1. The molecule has 0 saturated heterocycles. The fourth-order valence-electron chi connectivity index (χ4n) is 2.34. The minimum absolute atomic E-state index is 0.668. The molecule has 2 aromatic rings. The third-order valence-corrected chi connectivity index (χ3v) is 4.89. The second-order valence-electron chi connectivity index (χ2n) is 5.40. The van der Waals surface area contributed by atoms with Gasteiger partial charge in [0.05, 0.1) is 9.72 Å². The molecule has 104 valence electrons. The van der Waals surface area contributed by atoms with Crippen molar-refractivity contribution < 1.29 is 0 Å². The second kappa shape index (κ2) is 6.74. The van der Waals surface area contributed by atoms with Gasteiger partial charge in [0.2, 0.25) is 0 Å². The van der Waals surface area contributed by atoms with Crippen LogP contribution in [-0.2, 0) is 13.0 Å². The normalized spacial score (nSPS) is 11.6. The van der Waals surface area contributed by atoms with Gasteiger partial charge in [0.1, 0.15) is 0 Å². The molecule has 2 rings (SSSR count). The number of thiophene rings is 1. The van der Waals surface area contributed by atoms with Crippen molar-refractivity contribution in [1.82, 2.24) is 5.32 Å². The van der Waals surface area contributed by atoms with Crippen molar-refractivity contribution in [2.75, 3.05) is 6.54 Å². The quantitative estimate of drug-likeness (QED) is 0.717. The first-order valence-electron chi connectivity index (χ1n) is 7.03. The van der Waals surface area contributed by atoms with Gasteiger partial charge in [-0.15, -0.1) is 11.3 Å². The highest BCUT2D eigenvalue weighted by Crippen LogP contribution is 2.37. The third kappa shape index (κ3) is 3.50. The summed E-state index contributed by atoms with van der Waals surface area (Å²) in [7, 11) is 0. The van der Waals surface area contributed by atoms with Gasteiger partial charge in [-0.05, 0) is 42.3 Å². The van der Waals surface area contributed by atoms with Crippen molar-refractivity contribution >= 4 is 33.0 Å². The Labute approximate surface area is 125 Å². The van der Waals surface area contributed by atoms with E-state index in [1.807, 2.05) is 17.4 Å². The van der Waals surface area contributed by atoms with E-state index in [0.29, 0.717) is 5.92 Å². The summed E-state index contributed by atoms with van der Waals surface area (Å²) in [5.74, 6) is 0.668. The largest absolute Gasteiger partial charge is 0.312 e. The summed E-state index contributed by atoms with van der Waals surface area (Å²) in [6.07, 6.45) is 2.30. The lowest BCUT2D eigenvalue weighted by Crippen LogP contribution is -2.14. The zero-order chi connectivity index (χ0) is 13.8. The molecule has 0 saturated carbocycles. The summed E-state index contributed by atoms with van der Waals surface area (Å²) < 4.78 is 1.24. The van der Waals surface area contributed by atoms with Crippen LogP contribution in [0.15, 0.2) is 18.2 Å². The van der Waals surface area contributed by atoms with E-state index in [1.54, 1.807) is 0 Å². The van der Waals surface area contributed by atoms with Crippen molar-refractivity contribution in [3.8, 4) is 0 Å². The first kappa shape index (κ1) is 14.8. The highest BCUT2D eigenvalue weighted by Gasteiger charge is 2.14. The predicted octanol–water partition coefficient (Wildman–Crippen LogP) is 5.25. The number of hydrogen-bond donors (Lipinski definition) is 1. The Morgan fingerprint density at radius 1 is 1.32 bits per heavy atom. The van der Waals surface area contributed by atoms with Crippen molar-refractivity contribution in [2.24, 2.45) is 5.92 Å². The average Bonchev–Trinajstić information content (AvgIpc) is 2.69. The molecule has 0 aliphatic heterocycles. The lowest BCUT2D eigenvalue weighted by atomic mass is 10.00. The van der Waals surface area contributed by atoms with Crippen molar-refractivity contribution in [3.05, 3.63) is 33.7 Å². The minimum Gasteiger partial charge on any atom is -0.312 e. The van der Waals surface area contributed by atoms with Crippen LogP contribution in [0, 0.1) is 5.92 Å². The fraction of sp³-hybridized carbons (Fsp3) is 0.500. The maximum Gasteiger partial charge on any atom is 0.0584 e. The molecular weight excluding hydrogens is 274 g/mol. The first-order chi connectivity index (χ1) is 9.13. The van der Waals surface area contributed by atoms with E-state index in [2.05, 4.69) is 38.2 Å². The van der Waals surface area contributed by atoms with Gasteiger partial charge in [-0.1, -0.05) is 44.5 Å². The molecule has 0 amide bonds. The third-order valence-electron chi connectivity index (χ3n) is 3.18. The number of fused-ring (bicyclic) bond motifs is 1. The molecular formula is C16H22ClNS. The predicted molar refractivity (Wildman–Crippen MR) is 87.4 cm³/mol. The highest BCUT2D eigenvalue weighted by atomic mass is 35.5. The average molecular weight is 296 g/mol. The Bertz CT molecular complexity index is 545. The van der Waals surface area contributed by atoms with Gasteiger partial charge in [-0.3, -0.25) is 0 Å². The Balaban J connectivity index is 2.39. The van der Waals surface area contributed by atoms with Crippen LogP contribution in [0.5, 0.6) is 0 Å². The van der Waals surface area contributed by atoms with Gasteiger partial charge in [0.15, 0.2) is 0 Å². The van der Waals surface area contributed by atoms with Gasteiger partial charge in [0.25, 0.3) is 0 Å². The topological polar surface area (TPSA) is 12.0 Å². The summed E-state index contributed by atoms with van der Waals surface area (Å²) in [6.45, 7) is 8.78. The number of rotatable bonds is 6. The fourth-order valence-corrected chi connectivity index (χ4v) is 3.83. The lowest BCUT2D eigenvalue weighted by Gasteiger charge is -2.08. The van der Waals surface area contributed by atoms with Gasteiger partial charge >= 0.3 is 0 Å². The molecule has 0 radical (unpaired) electrons. The second-order valence-corrected chi connectivity index (χ2v) is 6.91. The molecule has 3 heteroatoms. The van der Waals surface area contributed by atoms with Gasteiger partial charge < -0.3 is 5.32 Å². The molecule has 1 nitrogen and oxygen atoms in total. The van der Waals surface area contributed by atoms with E-state index < -0.39 is 0 Å². The molecule has 0 atom stereocenters. The molecule has 0 unspecified atom stereocenters. The summed E-state index contributed by atoms with van der Waals surface area (Å²) >= 11 is 8.18. The summed E-state index contributed by atoms with van der Waals surface area (Å²) in [4.78, 5) is 1.45. The summed E-state index contributed by atoms with van der Waals surface area (Å²) in [6, 6.07) is 6.26. The van der Waals surface area contributed by atoms with E-state index >= 15 is 0 Å². The minimum atomic E-state index is 0.668. The number of halogens is 1. The number of benzene rings is 1. The van der Waals surface area contributed by atoms with Crippen LogP contribution >= 0.6 is 22.9 Å². The van der Waals surface area contributed by atoms with Gasteiger partial charge in [-0.25, -0.2) is 0 Å². The van der Waals surface area contributed by atoms with E-state index in [9.17, 15) is 0 Å². The molecule has 0 bridgehead atoms. The molecule has 1 aromatic heterocycles. The number of hydrogen-bond acceptors (Lipinski definition) is 2. The molecule has 1 aromatic carbocycles. The van der Waals surface area contributed by atoms with Crippen LogP contribution in [0.4, 0.5) is 0 Å². The first-order valence-corrected chi connectivity index (χ1v) is 8.22. The summed E-state index contributed by atoms with van der Waals surface area (Å²) in [5, 5.41) is 5.74. The molecule has 0 aliphatic rings. The highest BCUT2D eigenvalue weighted by molar-refractivity contribution is 7.20. The Morgan fingerprint density at radius 3 is 2.79 bits per heavy atom. The van der Waals surface area contributed by atoms with E-state index in [-0.39, 0.29) is 0 Å². The van der Waals surface area contributed by atoms with E-state index in [0.717, 1.165) is 24.5 Å². The van der Waals surface area contributed by atoms with Crippen molar-refractivity contribution in [1.29, 1.82) is 0 Å². The molecule has 19 heavy (non-hydrogen) atoms. The maximum absolute atomic E-state index is 6.33. The van der Waals surface area contributed by atoms with Crippen LogP contribution < -0.4 is 5.32 Å². The lowest BCUT2D eigenvalue weighted by molar-refractivity contribution is 0.636. The zero-order valence-electron chi connectivity index (χ0n) is 11.9. The van der Waals surface area contributed by atoms with Crippen LogP contribution in [0.3, 0.4) is 0 Å². The Kier molecular flexibility index (Phi) is 5.26. The molecule has 0 aliphatic carbocycles. The van der Waals surface area contributed by atoms with Crippen LogP contribution in [0.2, 0.25) is 5.02 Å². The SMILES string of the molecule is CCCNCc1sc2c(Cl)cccc2c1CC(C)C. The van der Waals surface area contributed by atoms with E-state index in [4.69, 9.17) is 11.6 Å². The molecule has 0 spiro atoms. The van der Waals surface area contributed by atoms with Crippen LogP contribution in [0.1, 0.15) is 37.6 Å². The zero-order valence-corrected chi connectivity index (χ0v) is 13.5. The smallest absolute Gasteiger partial charge is 0.0584 e. The molecule has 1 N–H and O–H groups in total.